The number of hydrazone groups is 1. The summed E-state index contributed by atoms with van der Waals surface area (Å²) in [6, 6.07) is 20.7. The average molecular weight is 477 g/mol. The van der Waals surface area contributed by atoms with E-state index in [9.17, 15) is 4.79 Å². The van der Waals surface area contributed by atoms with E-state index in [2.05, 4.69) is 17.1 Å². The third-order valence-electron chi connectivity index (χ3n) is 6.45. The largest absolute Gasteiger partial charge is 0.493 e. The fourth-order valence-corrected chi connectivity index (χ4v) is 4.82. The van der Waals surface area contributed by atoms with Crippen molar-refractivity contribution in [2.45, 2.75) is 19.0 Å². The van der Waals surface area contributed by atoms with Crippen LogP contribution in [0.5, 0.6) is 11.5 Å². The van der Waals surface area contributed by atoms with Crippen LogP contribution in [0.15, 0.2) is 71.8 Å². The standard InChI is InChI=1S/C26H25ClN4O3/c1-26-21-16-23(34-3)22(33-2)15-18(21)13-14-30(26)25(28-24(32)17-7-5-4-6-8-17)29-31(26)20-11-9-19(27)10-12-20/h4-12,15-16H,13-14H2,1-3H3,(H,28,29,32)/t26-/m1/s1. The fraction of sp³-hybridized carbons (Fsp3) is 0.231. The van der Waals surface area contributed by atoms with Gasteiger partial charge in [-0.3, -0.25) is 10.1 Å². The number of rotatable bonds is 4. The van der Waals surface area contributed by atoms with E-state index in [-0.39, 0.29) is 5.91 Å². The number of hydrogen-bond acceptors (Lipinski definition) is 6. The molecule has 0 saturated carbocycles. The molecule has 0 aliphatic carbocycles. The Morgan fingerprint density at radius 1 is 1.03 bits per heavy atom. The number of benzene rings is 3. The van der Waals surface area contributed by atoms with Crippen molar-refractivity contribution in [2.75, 3.05) is 25.8 Å². The van der Waals surface area contributed by atoms with Gasteiger partial charge in [0.25, 0.3) is 5.91 Å². The molecule has 2 heterocycles. The summed E-state index contributed by atoms with van der Waals surface area (Å²) in [5.74, 6) is 1.61. The second-order valence-corrected chi connectivity index (χ2v) is 8.76. The molecular formula is C26H25ClN4O3. The second-order valence-electron chi connectivity index (χ2n) is 8.32. The number of nitrogens with one attached hydrogen (secondary N) is 1. The molecule has 1 amide bonds. The first-order valence-corrected chi connectivity index (χ1v) is 11.4. The number of halogens is 1. The number of fused-ring (bicyclic) bond motifs is 3. The zero-order valence-corrected chi connectivity index (χ0v) is 20.0. The summed E-state index contributed by atoms with van der Waals surface area (Å²) < 4.78 is 11.2. The van der Waals surface area contributed by atoms with Gasteiger partial charge < -0.3 is 14.4 Å². The second kappa shape index (κ2) is 8.57. The van der Waals surface area contributed by atoms with Gasteiger partial charge >= 0.3 is 0 Å². The van der Waals surface area contributed by atoms with E-state index in [1.54, 1.807) is 26.4 Å². The monoisotopic (exact) mass is 476 g/mol. The van der Waals surface area contributed by atoms with Crippen molar-refractivity contribution < 1.29 is 14.3 Å². The fourth-order valence-electron chi connectivity index (χ4n) is 4.70. The first-order valence-electron chi connectivity index (χ1n) is 11.0. The quantitative estimate of drug-likeness (QED) is 0.595. The van der Waals surface area contributed by atoms with Crippen LogP contribution >= 0.6 is 11.6 Å². The summed E-state index contributed by atoms with van der Waals surface area (Å²) >= 11 is 6.16. The molecule has 8 heteroatoms. The number of ether oxygens (including phenoxy) is 2. The zero-order valence-electron chi connectivity index (χ0n) is 19.2. The van der Waals surface area contributed by atoms with Crippen molar-refractivity contribution in [3.63, 3.8) is 0 Å². The molecule has 0 aromatic heterocycles. The van der Waals surface area contributed by atoms with Crippen molar-refractivity contribution in [3.8, 4) is 11.5 Å². The molecule has 0 fully saturated rings. The van der Waals surface area contributed by atoms with Crippen molar-refractivity contribution in [1.29, 1.82) is 0 Å². The van der Waals surface area contributed by atoms with Gasteiger partial charge in [-0.05, 0) is 67.4 Å². The number of carbonyl (C=O) groups is 1. The Bertz CT molecular complexity index is 1260. The summed E-state index contributed by atoms with van der Waals surface area (Å²) in [5, 5.41) is 10.5. The molecule has 0 bridgehead atoms. The molecule has 0 radical (unpaired) electrons. The van der Waals surface area contributed by atoms with E-state index in [4.69, 9.17) is 26.2 Å². The van der Waals surface area contributed by atoms with E-state index < -0.39 is 5.66 Å². The van der Waals surface area contributed by atoms with Gasteiger partial charge in [-0.1, -0.05) is 29.8 Å². The molecule has 2 aliphatic rings. The zero-order chi connectivity index (χ0) is 23.9. The molecule has 3 aromatic rings. The van der Waals surface area contributed by atoms with Crippen LogP contribution in [0.3, 0.4) is 0 Å². The molecule has 0 saturated heterocycles. The Labute approximate surface area is 203 Å². The van der Waals surface area contributed by atoms with E-state index in [0.717, 1.165) is 23.2 Å². The minimum atomic E-state index is -0.708. The third-order valence-corrected chi connectivity index (χ3v) is 6.70. The van der Waals surface area contributed by atoms with Gasteiger partial charge in [0, 0.05) is 22.7 Å². The van der Waals surface area contributed by atoms with E-state index >= 15 is 0 Å². The Morgan fingerprint density at radius 2 is 1.71 bits per heavy atom. The van der Waals surface area contributed by atoms with Crippen LogP contribution < -0.4 is 19.8 Å². The maximum Gasteiger partial charge on any atom is 0.258 e. The first-order chi connectivity index (χ1) is 16.5. The minimum absolute atomic E-state index is 0.210. The van der Waals surface area contributed by atoms with Crippen LogP contribution in [-0.2, 0) is 12.1 Å². The van der Waals surface area contributed by atoms with Gasteiger partial charge in [0.1, 0.15) is 0 Å². The molecule has 174 valence electrons. The van der Waals surface area contributed by atoms with E-state index in [0.29, 0.717) is 34.6 Å². The number of nitrogens with zero attached hydrogens (tertiary/aromatic N) is 3. The lowest BCUT2D eigenvalue weighted by Crippen LogP contribution is -2.57. The predicted octanol–water partition coefficient (Wildman–Crippen LogP) is 4.61. The summed E-state index contributed by atoms with van der Waals surface area (Å²) in [5.41, 5.74) is 2.88. The van der Waals surface area contributed by atoms with Crippen LogP contribution in [0.4, 0.5) is 5.69 Å². The van der Waals surface area contributed by atoms with Gasteiger partial charge in [0.2, 0.25) is 5.96 Å². The number of methoxy groups -OCH3 is 2. The summed E-state index contributed by atoms with van der Waals surface area (Å²) in [6.07, 6.45) is 0.764. The van der Waals surface area contributed by atoms with Crippen LogP contribution in [0, 0.1) is 0 Å². The smallest absolute Gasteiger partial charge is 0.258 e. The minimum Gasteiger partial charge on any atom is -0.493 e. The third kappa shape index (κ3) is 3.53. The Morgan fingerprint density at radius 3 is 2.38 bits per heavy atom. The SMILES string of the molecule is COc1cc2c(cc1OC)[C@]1(C)N(CC2)C(NC(=O)c2ccccc2)=NN1c1ccc(Cl)cc1. The molecule has 2 aliphatic heterocycles. The van der Waals surface area contributed by atoms with Gasteiger partial charge in [-0.25, -0.2) is 5.01 Å². The molecule has 7 nitrogen and oxygen atoms in total. The molecule has 3 aromatic carbocycles. The molecular weight excluding hydrogens is 452 g/mol. The number of anilines is 1. The Hall–Kier alpha value is -3.71. The van der Waals surface area contributed by atoms with Gasteiger partial charge in [-0.2, -0.15) is 0 Å². The summed E-state index contributed by atoms with van der Waals surface area (Å²) in [6.45, 7) is 2.76. The number of hydrogen-bond donors (Lipinski definition) is 1. The molecule has 5 rings (SSSR count). The topological polar surface area (TPSA) is 66.4 Å². The summed E-state index contributed by atoms with van der Waals surface area (Å²) in [4.78, 5) is 15.1. The normalized spacial score (nSPS) is 18.6. The lowest BCUT2D eigenvalue weighted by molar-refractivity contribution is 0.0967. The summed E-state index contributed by atoms with van der Waals surface area (Å²) in [7, 11) is 3.26. The number of amides is 1. The highest BCUT2D eigenvalue weighted by Gasteiger charge is 2.51. The average Bonchev–Trinajstić information content (AvgIpc) is 3.16. The first kappa shape index (κ1) is 22.1. The molecule has 1 N–H and O–H groups in total. The molecule has 1 atom stereocenters. The van der Waals surface area contributed by atoms with Crippen molar-refractivity contribution in [3.05, 3.63) is 88.4 Å². The van der Waals surface area contributed by atoms with Gasteiger partial charge in [0.05, 0.1) is 19.9 Å². The van der Waals surface area contributed by atoms with E-state index in [1.165, 1.54) is 0 Å². The highest BCUT2D eigenvalue weighted by molar-refractivity contribution is 6.30. The van der Waals surface area contributed by atoms with E-state index in [1.807, 2.05) is 59.6 Å². The molecule has 0 spiro atoms. The van der Waals surface area contributed by atoms with Gasteiger partial charge in [0.15, 0.2) is 17.2 Å². The maximum absolute atomic E-state index is 13.0. The Kier molecular flexibility index (Phi) is 5.57. The highest BCUT2D eigenvalue weighted by Crippen LogP contribution is 2.47. The Balaban J connectivity index is 1.61. The lowest BCUT2D eigenvalue weighted by Gasteiger charge is -2.46. The van der Waals surface area contributed by atoms with Crippen LogP contribution in [0.1, 0.15) is 28.4 Å². The number of guanidine groups is 1. The maximum atomic E-state index is 13.0. The van der Waals surface area contributed by atoms with Crippen LogP contribution in [0.2, 0.25) is 5.02 Å². The lowest BCUT2D eigenvalue weighted by atomic mass is 9.87. The van der Waals surface area contributed by atoms with Crippen molar-refractivity contribution in [1.82, 2.24) is 10.2 Å². The van der Waals surface area contributed by atoms with Crippen molar-refractivity contribution >= 4 is 29.2 Å². The molecule has 0 unspecified atom stereocenters. The number of carbonyl (C=O) groups excluding carboxylic acids is 1. The van der Waals surface area contributed by atoms with Crippen LogP contribution in [-0.4, -0.2) is 37.5 Å². The van der Waals surface area contributed by atoms with Crippen LogP contribution in [0.25, 0.3) is 0 Å². The van der Waals surface area contributed by atoms with Crippen molar-refractivity contribution in [2.24, 2.45) is 5.10 Å². The highest BCUT2D eigenvalue weighted by atomic mass is 35.5. The predicted molar refractivity (Wildman–Crippen MR) is 133 cm³/mol. The van der Waals surface area contributed by atoms with Gasteiger partial charge in [-0.15, -0.1) is 5.10 Å². The molecule has 34 heavy (non-hydrogen) atoms.